The Balaban J connectivity index is 1.95. The van der Waals surface area contributed by atoms with Gasteiger partial charge in [0, 0.05) is 12.0 Å². The minimum Gasteiger partial charge on any atom is -0.365 e. The average molecular weight is 309 g/mol. The molecule has 2 aromatic carbocycles. The molecule has 2 nitrogen and oxygen atoms in total. The molecule has 0 unspecified atom stereocenters. The Labute approximate surface area is 140 Å². The van der Waals surface area contributed by atoms with Gasteiger partial charge in [0.15, 0.2) is 0 Å². The lowest BCUT2D eigenvalue weighted by atomic mass is 9.80. The van der Waals surface area contributed by atoms with E-state index in [1.165, 1.54) is 11.1 Å². The van der Waals surface area contributed by atoms with Gasteiger partial charge in [-0.1, -0.05) is 67.6 Å². The third-order valence-electron chi connectivity index (χ3n) is 5.08. The predicted octanol–water partition coefficient (Wildman–Crippen LogP) is 4.85. The highest BCUT2D eigenvalue weighted by Crippen LogP contribution is 2.45. The molecule has 0 aliphatic carbocycles. The van der Waals surface area contributed by atoms with Crippen molar-refractivity contribution in [3.05, 3.63) is 71.8 Å². The van der Waals surface area contributed by atoms with Crippen LogP contribution in [-0.2, 0) is 4.74 Å². The summed E-state index contributed by atoms with van der Waals surface area (Å²) in [5.41, 5.74) is 2.58. The summed E-state index contributed by atoms with van der Waals surface area (Å²) in [4.78, 5) is 2.38. The SMILES string of the molecule is CC[C@@H]1[C@H](N(C)C)C[C@@H](c2ccccc2)O[C@H]1c1ccccc1. The van der Waals surface area contributed by atoms with Crippen LogP contribution in [0.5, 0.6) is 0 Å². The number of hydrogen-bond acceptors (Lipinski definition) is 2. The molecule has 0 saturated carbocycles. The fourth-order valence-electron chi connectivity index (χ4n) is 3.86. The lowest BCUT2D eigenvalue weighted by Gasteiger charge is -2.45. The van der Waals surface area contributed by atoms with Gasteiger partial charge in [-0.2, -0.15) is 0 Å². The van der Waals surface area contributed by atoms with Crippen LogP contribution in [0.25, 0.3) is 0 Å². The Morgan fingerprint density at radius 2 is 1.48 bits per heavy atom. The van der Waals surface area contributed by atoms with Gasteiger partial charge >= 0.3 is 0 Å². The van der Waals surface area contributed by atoms with E-state index in [9.17, 15) is 0 Å². The second-order valence-corrected chi connectivity index (χ2v) is 6.71. The first-order chi connectivity index (χ1) is 11.2. The normalized spacial score (nSPS) is 28.0. The summed E-state index contributed by atoms with van der Waals surface area (Å²) in [6.45, 7) is 2.28. The molecule has 1 saturated heterocycles. The van der Waals surface area contributed by atoms with Crippen molar-refractivity contribution >= 4 is 0 Å². The van der Waals surface area contributed by atoms with Gasteiger partial charge in [-0.15, -0.1) is 0 Å². The van der Waals surface area contributed by atoms with Crippen molar-refractivity contribution in [2.45, 2.75) is 38.0 Å². The van der Waals surface area contributed by atoms with E-state index in [0.29, 0.717) is 12.0 Å². The fourth-order valence-corrected chi connectivity index (χ4v) is 3.86. The van der Waals surface area contributed by atoms with E-state index in [1.807, 2.05) is 0 Å². The first-order valence-corrected chi connectivity index (χ1v) is 8.62. The minimum absolute atomic E-state index is 0.160. The van der Waals surface area contributed by atoms with E-state index in [1.54, 1.807) is 0 Å². The second kappa shape index (κ2) is 7.29. The van der Waals surface area contributed by atoms with Gasteiger partial charge in [-0.25, -0.2) is 0 Å². The number of hydrogen-bond donors (Lipinski definition) is 0. The Morgan fingerprint density at radius 3 is 2.00 bits per heavy atom. The van der Waals surface area contributed by atoms with Crippen LogP contribution in [0, 0.1) is 5.92 Å². The van der Waals surface area contributed by atoms with Crippen LogP contribution in [0.3, 0.4) is 0 Å². The van der Waals surface area contributed by atoms with E-state index in [2.05, 4.69) is 86.6 Å². The molecule has 23 heavy (non-hydrogen) atoms. The van der Waals surface area contributed by atoms with Crippen molar-refractivity contribution in [3.8, 4) is 0 Å². The summed E-state index contributed by atoms with van der Waals surface area (Å²) in [5, 5.41) is 0. The van der Waals surface area contributed by atoms with Crippen LogP contribution >= 0.6 is 0 Å². The molecule has 2 aromatic rings. The van der Waals surface area contributed by atoms with Crippen molar-refractivity contribution in [2.24, 2.45) is 5.92 Å². The third-order valence-corrected chi connectivity index (χ3v) is 5.08. The monoisotopic (exact) mass is 309 g/mol. The van der Waals surface area contributed by atoms with Crippen molar-refractivity contribution < 1.29 is 4.74 Å². The zero-order valence-corrected chi connectivity index (χ0v) is 14.4. The largest absolute Gasteiger partial charge is 0.365 e. The minimum atomic E-state index is 0.160. The molecule has 1 aliphatic heterocycles. The lowest BCUT2D eigenvalue weighted by Crippen LogP contribution is -2.44. The van der Waals surface area contributed by atoms with Crippen LogP contribution < -0.4 is 0 Å². The van der Waals surface area contributed by atoms with Crippen molar-refractivity contribution in [1.29, 1.82) is 0 Å². The van der Waals surface area contributed by atoms with Gasteiger partial charge in [0.1, 0.15) is 0 Å². The number of nitrogens with zero attached hydrogens (tertiary/aromatic N) is 1. The summed E-state index contributed by atoms with van der Waals surface area (Å²) in [5.74, 6) is 0.521. The Bertz CT molecular complexity index is 596. The Hall–Kier alpha value is -1.64. The molecular formula is C21H27NO. The molecule has 1 fully saturated rings. The zero-order chi connectivity index (χ0) is 16.2. The van der Waals surface area contributed by atoms with Crippen LogP contribution in [0.2, 0.25) is 0 Å². The maximum Gasteiger partial charge on any atom is 0.0876 e. The van der Waals surface area contributed by atoms with Crippen molar-refractivity contribution in [1.82, 2.24) is 4.90 Å². The predicted molar refractivity (Wildman–Crippen MR) is 95.3 cm³/mol. The number of benzene rings is 2. The molecule has 0 aromatic heterocycles. The molecule has 0 N–H and O–H groups in total. The van der Waals surface area contributed by atoms with E-state index in [0.717, 1.165) is 12.8 Å². The van der Waals surface area contributed by atoms with Gasteiger partial charge in [-0.05, 0) is 38.1 Å². The topological polar surface area (TPSA) is 12.5 Å². The van der Waals surface area contributed by atoms with Crippen molar-refractivity contribution in [3.63, 3.8) is 0 Å². The molecular weight excluding hydrogens is 282 g/mol. The first kappa shape index (κ1) is 16.2. The highest BCUT2D eigenvalue weighted by Gasteiger charge is 2.39. The molecule has 3 rings (SSSR count). The van der Waals surface area contributed by atoms with Gasteiger partial charge in [-0.3, -0.25) is 0 Å². The van der Waals surface area contributed by atoms with E-state index < -0.39 is 0 Å². The molecule has 2 heteroatoms. The molecule has 4 atom stereocenters. The van der Waals surface area contributed by atoms with E-state index >= 15 is 0 Å². The summed E-state index contributed by atoms with van der Waals surface area (Å²) < 4.78 is 6.62. The van der Waals surface area contributed by atoms with E-state index in [-0.39, 0.29) is 12.2 Å². The molecule has 0 bridgehead atoms. The van der Waals surface area contributed by atoms with Gasteiger partial charge in [0.05, 0.1) is 12.2 Å². The maximum atomic E-state index is 6.62. The zero-order valence-electron chi connectivity index (χ0n) is 14.4. The molecule has 0 spiro atoms. The Kier molecular flexibility index (Phi) is 5.14. The third kappa shape index (κ3) is 3.49. The molecule has 0 amide bonds. The van der Waals surface area contributed by atoms with Gasteiger partial charge < -0.3 is 9.64 Å². The summed E-state index contributed by atoms with van der Waals surface area (Å²) in [6.07, 6.45) is 2.51. The fraction of sp³-hybridized carbons (Fsp3) is 0.429. The summed E-state index contributed by atoms with van der Waals surface area (Å²) in [6, 6.07) is 21.9. The van der Waals surface area contributed by atoms with Gasteiger partial charge in [0.2, 0.25) is 0 Å². The summed E-state index contributed by atoms with van der Waals surface area (Å²) >= 11 is 0. The van der Waals surface area contributed by atoms with Crippen LogP contribution in [0.1, 0.15) is 43.1 Å². The molecule has 122 valence electrons. The Morgan fingerprint density at radius 1 is 0.913 bits per heavy atom. The smallest absolute Gasteiger partial charge is 0.0876 e. The maximum absolute atomic E-state index is 6.62. The number of rotatable bonds is 4. The molecule has 1 heterocycles. The highest BCUT2D eigenvalue weighted by atomic mass is 16.5. The summed E-state index contributed by atoms with van der Waals surface area (Å²) in [7, 11) is 4.39. The van der Waals surface area contributed by atoms with Crippen LogP contribution in [0.15, 0.2) is 60.7 Å². The standard InChI is InChI=1S/C21H27NO/c1-4-18-19(22(2)3)15-20(16-11-7-5-8-12-16)23-21(18)17-13-9-6-10-14-17/h5-14,18-21H,4,15H2,1-3H3/t18-,19-,20+,21+/m1/s1. The average Bonchev–Trinajstić information content (AvgIpc) is 2.62. The van der Waals surface area contributed by atoms with Gasteiger partial charge in [0.25, 0.3) is 0 Å². The number of ether oxygens (including phenoxy) is 1. The van der Waals surface area contributed by atoms with Crippen molar-refractivity contribution in [2.75, 3.05) is 14.1 Å². The van der Waals surface area contributed by atoms with E-state index in [4.69, 9.17) is 4.74 Å². The van der Waals surface area contributed by atoms with Crippen LogP contribution in [0.4, 0.5) is 0 Å². The second-order valence-electron chi connectivity index (χ2n) is 6.71. The first-order valence-electron chi connectivity index (χ1n) is 8.62. The lowest BCUT2D eigenvalue weighted by molar-refractivity contribution is -0.120. The van der Waals surface area contributed by atoms with Crippen LogP contribution in [-0.4, -0.2) is 25.0 Å². The molecule has 1 aliphatic rings. The highest BCUT2D eigenvalue weighted by molar-refractivity contribution is 5.23. The quantitative estimate of drug-likeness (QED) is 0.801. The molecule has 0 radical (unpaired) electrons.